The molecule has 9 rings (SSSR count). The number of nitrogens with zero attached hydrogens (tertiary/aromatic N) is 4. The average molecular weight is 753 g/mol. The lowest BCUT2D eigenvalue weighted by Crippen LogP contribution is -2.49. The number of hydrogen-bond acceptors (Lipinski definition) is 8. The highest BCUT2D eigenvalue weighted by Crippen LogP contribution is 2.65. The summed E-state index contributed by atoms with van der Waals surface area (Å²) >= 11 is 7.89. The molecule has 3 aliphatic carbocycles. The van der Waals surface area contributed by atoms with Gasteiger partial charge in [-0.25, -0.2) is 4.90 Å². The van der Waals surface area contributed by atoms with Gasteiger partial charge in [-0.2, -0.15) is 5.10 Å². The minimum absolute atomic E-state index is 0.0287. The summed E-state index contributed by atoms with van der Waals surface area (Å²) in [4.78, 5) is 62.2. The van der Waals surface area contributed by atoms with Crippen molar-refractivity contribution in [2.45, 2.75) is 70.8 Å². The number of halogens is 1. The van der Waals surface area contributed by atoms with Crippen molar-refractivity contribution in [3.05, 3.63) is 70.3 Å². The molecule has 2 saturated carbocycles. The number of allylic oxidation sites excluding steroid dienone is 2. The number of aromatic nitrogens is 2. The highest BCUT2D eigenvalue weighted by Gasteiger charge is 2.68. The Morgan fingerprint density at radius 2 is 1.75 bits per heavy atom. The van der Waals surface area contributed by atoms with Crippen molar-refractivity contribution in [2.75, 3.05) is 12.0 Å². The van der Waals surface area contributed by atoms with E-state index in [0.29, 0.717) is 34.3 Å². The van der Waals surface area contributed by atoms with Crippen LogP contribution in [0, 0.1) is 36.0 Å². The number of carbonyl (C=O) groups excluding carboxylic acids is 4. The van der Waals surface area contributed by atoms with Gasteiger partial charge in [0.05, 0.1) is 35.2 Å². The lowest BCUT2D eigenvalue weighted by atomic mass is 9.51. The van der Waals surface area contributed by atoms with Crippen LogP contribution in [0.1, 0.15) is 68.9 Å². The number of likely N-dealkylation sites (tertiary alicyclic amines) is 1. The van der Waals surface area contributed by atoms with E-state index in [9.17, 15) is 19.5 Å². The van der Waals surface area contributed by atoms with Gasteiger partial charge in [-0.3, -0.25) is 28.8 Å². The highest BCUT2D eigenvalue weighted by atomic mass is 35.5. The molecule has 0 spiro atoms. The minimum atomic E-state index is -1.32. The standard InChI is InChI=1S/C41H41ClN4O6S/c1-20-26-16-21(42)10-15-32(26)53-36(20)30-19-33(44(3)43-30)46-38(49)29-18-27-24(35(41(29,2)40(46)51)28-17-23(52-4)11-14-31(28)47)12-13-25-34(27)39(50)45(37(25)48)22-8-6-5-7-9-22/h10-12,14-17,19,22,25,27,29,34-35,47H,5-9,13,18H2,1-4H3. The Balaban J connectivity index is 1.16. The summed E-state index contributed by atoms with van der Waals surface area (Å²) in [6, 6.07) is 12.4. The van der Waals surface area contributed by atoms with Gasteiger partial charge in [0.1, 0.15) is 23.0 Å². The van der Waals surface area contributed by atoms with Crippen LogP contribution in [0.2, 0.25) is 5.02 Å². The van der Waals surface area contributed by atoms with E-state index in [1.54, 1.807) is 52.2 Å². The number of thiophene rings is 1. The predicted molar refractivity (Wildman–Crippen MR) is 202 cm³/mol. The van der Waals surface area contributed by atoms with E-state index in [1.165, 1.54) is 12.0 Å². The fraction of sp³-hybridized carbons (Fsp3) is 0.439. The monoisotopic (exact) mass is 752 g/mol. The first kappa shape index (κ1) is 34.3. The molecule has 4 aromatic rings. The van der Waals surface area contributed by atoms with Crippen LogP contribution in [-0.2, 0) is 26.2 Å². The van der Waals surface area contributed by atoms with E-state index in [4.69, 9.17) is 21.4 Å². The van der Waals surface area contributed by atoms with Gasteiger partial charge in [0.25, 0.3) is 0 Å². The number of carbonyl (C=O) groups is 4. The number of benzene rings is 2. The molecule has 2 aromatic heterocycles. The summed E-state index contributed by atoms with van der Waals surface area (Å²) in [6.45, 7) is 3.83. The van der Waals surface area contributed by atoms with Crippen molar-refractivity contribution in [2.24, 2.45) is 36.1 Å². The molecule has 4 heterocycles. The Hall–Kier alpha value is -4.48. The third-order valence-corrected chi connectivity index (χ3v) is 14.5. The van der Waals surface area contributed by atoms with E-state index in [0.717, 1.165) is 58.2 Å². The van der Waals surface area contributed by atoms with Gasteiger partial charge in [-0.05, 0) is 92.8 Å². The molecule has 2 saturated heterocycles. The topological polar surface area (TPSA) is 122 Å². The van der Waals surface area contributed by atoms with Crippen molar-refractivity contribution in [1.82, 2.24) is 14.7 Å². The Morgan fingerprint density at radius 3 is 2.51 bits per heavy atom. The summed E-state index contributed by atoms with van der Waals surface area (Å²) in [7, 11) is 3.26. The summed E-state index contributed by atoms with van der Waals surface area (Å²) in [6.07, 6.45) is 7.32. The number of imide groups is 2. The number of rotatable bonds is 5. The zero-order chi connectivity index (χ0) is 37.1. The summed E-state index contributed by atoms with van der Waals surface area (Å²) in [5.41, 5.74) is 1.61. The van der Waals surface area contributed by atoms with Gasteiger partial charge in [0, 0.05) is 40.4 Å². The number of hydrogen-bond donors (Lipinski definition) is 1. The van der Waals surface area contributed by atoms with E-state index in [2.05, 4.69) is 0 Å². The van der Waals surface area contributed by atoms with Crippen LogP contribution in [0.4, 0.5) is 5.82 Å². The number of anilines is 1. The Bertz CT molecular complexity index is 2290. The third kappa shape index (κ3) is 4.85. The molecular formula is C41H41ClN4O6S. The van der Waals surface area contributed by atoms with Gasteiger partial charge in [0.2, 0.25) is 23.6 Å². The Labute approximate surface area is 316 Å². The molecule has 10 nitrogen and oxygen atoms in total. The van der Waals surface area contributed by atoms with Crippen LogP contribution in [0.25, 0.3) is 20.7 Å². The van der Waals surface area contributed by atoms with Crippen molar-refractivity contribution in [3.63, 3.8) is 0 Å². The molecular weight excluding hydrogens is 712 g/mol. The Kier molecular flexibility index (Phi) is 7.95. The smallest absolute Gasteiger partial charge is 0.242 e. The van der Waals surface area contributed by atoms with Crippen LogP contribution in [0.3, 0.4) is 0 Å². The Morgan fingerprint density at radius 1 is 0.981 bits per heavy atom. The normalized spacial score (nSPS) is 28.8. The molecule has 2 aliphatic heterocycles. The number of aromatic hydroxyl groups is 1. The predicted octanol–water partition coefficient (Wildman–Crippen LogP) is 7.54. The number of amides is 4. The first-order valence-electron chi connectivity index (χ1n) is 18.5. The molecule has 0 radical (unpaired) electrons. The minimum Gasteiger partial charge on any atom is -0.508 e. The molecule has 274 valence electrons. The average Bonchev–Trinajstić information content (AvgIpc) is 3.82. The molecule has 12 heteroatoms. The summed E-state index contributed by atoms with van der Waals surface area (Å²) < 4.78 is 8.21. The molecule has 6 unspecified atom stereocenters. The van der Waals surface area contributed by atoms with Crippen molar-refractivity contribution in [3.8, 4) is 22.1 Å². The van der Waals surface area contributed by atoms with Crippen LogP contribution in [0.5, 0.6) is 11.5 Å². The van der Waals surface area contributed by atoms with E-state index in [-0.39, 0.29) is 35.9 Å². The summed E-state index contributed by atoms with van der Waals surface area (Å²) in [5.74, 6) is -3.42. The number of ether oxygens (including phenoxy) is 1. The maximum atomic E-state index is 15.1. The molecule has 53 heavy (non-hydrogen) atoms. The number of fused-ring (bicyclic) bond motifs is 5. The van der Waals surface area contributed by atoms with Gasteiger partial charge in [-0.1, -0.05) is 42.5 Å². The molecule has 0 bridgehead atoms. The maximum absolute atomic E-state index is 15.1. The molecule has 4 fully saturated rings. The van der Waals surface area contributed by atoms with Gasteiger partial charge < -0.3 is 9.84 Å². The van der Waals surface area contributed by atoms with Crippen molar-refractivity contribution in [1.29, 1.82) is 0 Å². The van der Waals surface area contributed by atoms with Gasteiger partial charge in [-0.15, -0.1) is 11.3 Å². The number of phenolic OH excluding ortho intramolecular Hbond substituents is 1. The van der Waals surface area contributed by atoms with E-state index < -0.39 is 40.9 Å². The largest absolute Gasteiger partial charge is 0.508 e. The molecule has 6 atom stereocenters. The summed E-state index contributed by atoms with van der Waals surface area (Å²) in [5, 5.41) is 17.9. The fourth-order valence-electron chi connectivity index (χ4n) is 10.4. The molecule has 4 amide bonds. The number of aryl methyl sites for hydroxylation is 2. The van der Waals surface area contributed by atoms with Crippen molar-refractivity contribution < 1.29 is 29.0 Å². The highest BCUT2D eigenvalue weighted by molar-refractivity contribution is 7.22. The van der Waals surface area contributed by atoms with Gasteiger partial charge >= 0.3 is 0 Å². The molecule has 5 aliphatic rings. The van der Waals surface area contributed by atoms with Crippen LogP contribution in [-0.4, -0.2) is 56.6 Å². The zero-order valence-corrected chi connectivity index (χ0v) is 31.7. The molecule has 2 aromatic carbocycles. The number of methoxy groups -OCH3 is 1. The number of phenols is 1. The first-order chi connectivity index (χ1) is 25.4. The third-order valence-electron chi connectivity index (χ3n) is 13.0. The fourth-order valence-corrected chi connectivity index (χ4v) is 11.7. The van der Waals surface area contributed by atoms with Crippen LogP contribution >= 0.6 is 22.9 Å². The van der Waals surface area contributed by atoms with Gasteiger partial charge in [0.15, 0.2) is 0 Å². The SMILES string of the molecule is COc1ccc(O)c(C2C3=CCC4C(=O)N(C5CCCCC5)C(=O)C4C3CC3C(=O)N(c4cc(-c5sc6ccc(Cl)cc6c5C)nn4C)C(=O)C32C)c1. The zero-order valence-electron chi connectivity index (χ0n) is 30.1. The first-order valence-corrected chi connectivity index (χ1v) is 19.7. The second kappa shape index (κ2) is 12.3. The quantitative estimate of drug-likeness (QED) is 0.165. The van der Waals surface area contributed by atoms with Crippen LogP contribution in [0.15, 0.2) is 54.1 Å². The lowest BCUT2D eigenvalue weighted by Gasteiger charge is -2.49. The van der Waals surface area contributed by atoms with Crippen molar-refractivity contribution >= 4 is 62.5 Å². The second-order valence-electron chi connectivity index (χ2n) is 15.6. The maximum Gasteiger partial charge on any atom is 0.242 e. The lowest BCUT2D eigenvalue weighted by molar-refractivity contribution is -0.144. The van der Waals surface area contributed by atoms with E-state index >= 15 is 4.79 Å². The molecule has 1 N–H and O–H groups in total. The second-order valence-corrected chi connectivity index (χ2v) is 17.1. The van der Waals surface area contributed by atoms with E-state index in [1.807, 2.05) is 38.1 Å². The van der Waals surface area contributed by atoms with Crippen LogP contribution < -0.4 is 9.64 Å².